The fraction of sp³-hybridized carbons (Fsp3) is 0.250. The summed E-state index contributed by atoms with van der Waals surface area (Å²) in [7, 11) is 0. The maximum Gasteiger partial charge on any atom is 0.169 e. The molecule has 0 atom stereocenters. The summed E-state index contributed by atoms with van der Waals surface area (Å²) < 4.78 is 0. The summed E-state index contributed by atoms with van der Waals surface area (Å²) >= 11 is 0. The van der Waals surface area contributed by atoms with Crippen molar-refractivity contribution in [2.45, 2.75) is 13.3 Å². The highest BCUT2D eigenvalue weighted by molar-refractivity contribution is 5.96. The number of nitrogens with zero attached hydrogens (tertiary/aromatic N) is 2. The van der Waals surface area contributed by atoms with Crippen LogP contribution in [0.4, 0.5) is 0 Å². The molecule has 1 aromatic rings. The average Bonchev–Trinajstić information content (AvgIpc) is 2.16. The van der Waals surface area contributed by atoms with Crippen molar-refractivity contribution in [2.24, 2.45) is 16.7 Å². The zero-order valence-electron chi connectivity index (χ0n) is 6.99. The van der Waals surface area contributed by atoms with Gasteiger partial charge in [-0.05, 0) is 18.1 Å². The molecule has 0 aliphatic heterocycles. The number of hydrogen-bond donors (Lipinski definition) is 2. The quantitative estimate of drug-likeness (QED) is 0.284. The van der Waals surface area contributed by atoms with Crippen LogP contribution in [0.1, 0.15) is 18.2 Å². The first kappa shape index (κ1) is 8.52. The molecule has 64 valence electrons. The second kappa shape index (κ2) is 3.71. The van der Waals surface area contributed by atoms with Gasteiger partial charge in [0.1, 0.15) is 5.69 Å². The zero-order valence-corrected chi connectivity index (χ0v) is 6.99. The van der Waals surface area contributed by atoms with E-state index in [1.165, 1.54) is 0 Å². The Morgan fingerprint density at radius 1 is 1.67 bits per heavy atom. The molecule has 4 nitrogen and oxygen atoms in total. The lowest BCUT2D eigenvalue weighted by Gasteiger charge is -2.03. The van der Waals surface area contributed by atoms with Crippen LogP contribution in [0.2, 0.25) is 0 Å². The molecule has 0 aromatic carbocycles. The van der Waals surface area contributed by atoms with E-state index in [4.69, 9.17) is 11.6 Å². The lowest BCUT2D eigenvalue weighted by Crippen LogP contribution is -2.19. The summed E-state index contributed by atoms with van der Waals surface area (Å²) in [5.41, 5.74) is 7.28. The van der Waals surface area contributed by atoms with Crippen LogP contribution in [0.25, 0.3) is 0 Å². The Bertz CT molecular complexity index is 293. The van der Waals surface area contributed by atoms with E-state index in [9.17, 15) is 0 Å². The summed E-state index contributed by atoms with van der Waals surface area (Å²) in [6.07, 6.45) is 2.55. The Morgan fingerprint density at radius 3 is 3.00 bits per heavy atom. The molecule has 0 saturated heterocycles. The van der Waals surface area contributed by atoms with Gasteiger partial charge in [-0.25, -0.2) is 0 Å². The molecular weight excluding hydrogens is 152 g/mol. The lowest BCUT2D eigenvalue weighted by molar-refractivity contribution is 1.08. The minimum Gasteiger partial charge on any atom is -0.380 e. The molecule has 0 radical (unpaired) electrons. The summed E-state index contributed by atoms with van der Waals surface area (Å²) in [6.45, 7) is 2.03. The molecule has 1 aromatic heterocycles. The van der Waals surface area contributed by atoms with Crippen molar-refractivity contribution in [3.8, 4) is 0 Å². The SMILES string of the molecule is CCc1cccnc1/C(N)=N/N. The molecule has 0 amide bonds. The predicted octanol–water partition coefficient (Wildman–Crippen LogP) is 0.223. The molecule has 1 rings (SSSR count). The molecule has 0 saturated carbocycles. The van der Waals surface area contributed by atoms with E-state index in [0.29, 0.717) is 5.69 Å². The molecular formula is C8H12N4. The molecule has 0 fully saturated rings. The van der Waals surface area contributed by atoms with Gasteiger partial charge >= 0.3 is 0 Å². The summed E-state index contributed by atoms with van der Waals surface area (Å²) in [5, 5.41) is 3.40. The van der Waals surface area contributed by atoms with Crippen LogP contribution in [0, 0.1) is 0 Å². The summed E-state index contributed by atoms with van der Waals surface area (Å²) in [5.74, 6) is 5.34. The van der Waals surface area contributed by atoms with Crippen molar-refractivity contribution >= 4 is 5.84 Å². The van der Waals surface area contributed by atoms with Crippen LogP contribution >= 0.6 is 0 Å². The Morgan fingerprint density at radius 2 is 2.42 bits per heavy atom. The molecule has 12 heavy (non-hydrogen) atoms. The Balaban J connectivity index is 3.13. The zero-order chi connectivity index (χ0) is 8.97. The van der Waals surface area contributed by atoms with Crippen molar-refractivity contribution in [2.75, 3.05) is 0 Å². The maximum atomic E-state index is 5.53. The molecule has 4 heteroatoms. The number of hydrazone groups is 1. The fourth-order valence-corrected chi connectivity index (χ4v) is 1.02. The maximum absolute atomic E-state index is 5.53. The minimum atomic E-state index is 0.285. The fourth-order valence-electron chi connectivity index (χ4n) is 1.02. The van der Waals surface area contributed by atoms with Crippen molar-refractivity contribution in [1.29, 1.82) is 0 Å². The molecule has 0 unspecified atom stereocenters. The topological polar surface area (TPSA) is 77.3 Å². The van der Waals surface area contributed by atoms with Gasteiger partial charge < -0.3 is 11.6 Å². The lowest BCUT2D eigenvalue weighted by atomic mass is 10.1. The van der Waals surface area contributed by atoms with Crippen LogP contribution in [-0.2, 0) is 6.42 Å². The first-order valence-electron chi connectivity index (χ1n) is 3.77. The first-order chi connectivity index (χ1) is 5.79. The Labute approximate surface area is 71.3 Å². The molecule has 0 spiro atoms. The van der Waals surface area contributed by atoms with Gasteiger partial charge in [-0.15, -0.1) is 0 Å². The predicted molar refractivity (Wildman–Crippen MR) is 48.5 cm³/mol. The Kier molecular flexibility index (Phi) is 2.63. The number of rotatable bonds is 2. The monoisotopic (exact) mass is 164 g/mol. The van der Waals surface area contributed by atoms with Gasteiger partial charge in [-0.2, -0.15) is 5.10 Å². The standard InChI is InChI=1S/C8H12N4/c1-2-6-4-3-5-11-7(6)8(9)12-10/h3-5H,2,10H2,1H3,(H2,9,12). The second-order valence-corrected chi connectivity index (χ2v) is 2.38. The highest BCUT2D eigenvalue weighted by Gasteiger charge is 2.04. The van der Waals surface area contributed by atoms with E-state index in [0.717, 1.165) is 12.0 Å². The smallest absolute Gasteiger partial charge is 0.169 e. The average molecular weight is 164 g/mol. The minimum absolute atomic E-state index is 0.285. The van der Waals surface area contributed by atoms with Crippen molar-refractivity contribution in [3.63, 3.8) is 0 Å². The Hall–Kier alpha value is -1.58. The molecule has 0 aliphatic rings. The molecule has 1 heterocycles. The molecule has 0 bridgehead atoms. The van der Waals surface area contributed by atoms with E-state index in [1.54, 1.807) is 6.20 Å². The number of aromatic nitrogens is 1. The molecule has 4 N–H and O–H groups in total. The third kappa shape index (κ3) is 1.53. The summed E-state index contributed by atoms with van der Waals surface area (Å²) in [4.78, 5) is 4.08. The van der Waals surface area contributed by atoms with Crippen LogP contribution in [0.15, 0.2) is 23.4 Å². The van der Waals surface area contributed by atoms with E-state index in [2.05, 4.69) is 10.1 Å². The van der Waals surface area contributed by atoms with Crippen LogP contribution in [-0.4, -0.2) is 10.8 Å². The largest absolute Gasteiger partial charge is 0.380 e. The van der Waals surface area contributed by atoms with Crippen molar-refractivity contribution in [3.05, 3.63) is 29.6 Å². The summed E-state index contributed by atoms with van der Waals surface area (Å²) in [6, 6.07) is 3.83. The van der Waals surface area contributed by atoms with Gasteiger partial charge in [-0.3, -0.25) is 4.98 Å². The number of amidine groups is 1. The van der Waals surface area contributed by atoms with Crippen molar-refractivity contribution < 1.29 is 0 Å². The molecule has 0 aliphatic carbocycles. The van der Waals surface area contributed by atoms with Crippen molar-refractivity contribution in [1.82, 2.24) is 4.98 Å². The highest BCUT2D eigenvalue weighted by Crippen LogP contribution is 2.04. The number of pyridine rings is 1. The van der Waals surface area contributed by atoms with Gasteiger partial charge in [0, 0.05) is 6.20 Å². The van der Waals surface area contributed by atoms with Gasteiger partial charge in [0.2, 0.25) is 0 Å². The third-order valence-corrected chi connectivity index (χ3v) is 1.65. The second-order valence-electron chi connectivity index (χ2n) is 2.38. The van der Waals surface area contributed by atoms with Gasteiger partial charge in [0.25, 0.3) is 0 Å². The first-order valence-corrected chi connectivity index (χ1v) is 3.77. The van der Waals surface area contributed by atoms with E-state index in [-0.39, 0.29) is 5.84 Å². The van der Waals surface area contributed by atoms with Gasteiger partial charge in [0.15, 0.2) is 5.84 Å². The van der Waals surface area contributed by atoms with Crippen LogP contribution in [0.5, 0.6) is 0 Å². The number of aryl methyl sites for hydroxylation is 1. The van der Waals surface area contributed by atoms with E-state index < -0.39 is 0 Å². The third-order valence-electron chi connectivity index (χ3n) is 1.65. The van der Waals surface area contributed by atoms with Crippen LogP contribution < -0.4 is 11.6 Å². The van der Waals surface area contributed by atoms with Gasteiger partial charge in [-0.1, -0.05) is 13.0 Å². The van der Waals surface area contributed by atoms with Crippen LogP contribution in [0.3, 0.4) is 0 Å². The number of nitrogens with two attached hydrogens (primary N) is 2. The highest BCUT2D eigenvalue weighted by atomic mass is 15.2. The van der Waals surface area contributed by atoms with E-state index >= 15 is 0 Å². The van der Waals surface area contributed by atoms with Gasteiger partial charge in [0.05, 0.1) is 0 Å². The van der Waals surface area contributed by atoms with E-state index in [1.807, 2.05) is 19.1 Å². The number of hydrogen-bond acceptors (Lipinski definition) is 3. The normalized spacial score (nSPS) is 11.6.